The van der Waals surface area contributed by atoms with Gasteiger partial charge in [0.2, 0.25) is 0 Å². The molecule has 2 aliphatic heterocycles. The Bertz CT molecular complexity index is 384. The highest BCUT2D eigenvalue weighted by Gasteiger charge is 2.44. The van der Waals surface area contributed by atoms with Crippen molar-refractivity contribution in [2.75, 3.05) is 26.2 Å². The number of urea groups is 1. The third-order valence-corrected chi connectivity index (χ3v) is 4.27. The van der Waals surface area contributed by atoms with Gasteiger partial charge in [0.15, 0.2) is 0 Å². The molecule has 6 heteroatoms. The summed E-state index contributed by atoms with van der Waals surface area (Å²) in [5.41, 5.74) is -0.799. The fourth-order valence-corrected chi connectivity index (χ4v) is 2.99. The first-order chi connectivity index (χ1) is 9.45. The lowest BCUT2D eigenvalue weighted by Crippen LogP contribution is -2.45. The molecule has 0 saturated carbocycles. The maximum absolute atomic E-state index is 12.1. The van der Waals surface area contributed by atoms with Crippen molar-refractivity contribution in [2.24, 2.45) is 0 Å². The molecule has 114 valence electrons. The zero-order valence-electron chi connectivity index (χ0n) is 12.4. The average Bonchev–Trinajstić information content (AvgIpc) is 2.59. The minimum atomic E-state index is -0.799. The van der Waals surface area contributed by atoms with Crippen molar-refractivity contribution in [3.8, 4) is 0 Å². The van der Waals surface area contributed by atoms with Crippen LogP contribution >= 0.6 is 0 Å². The molecule has 0 radical (unpaired) electrons. The number of carbonyl (C=O) groups is 2. The Morgan fingerprint density at radius 3 is 2.60 bits per heavy atom. The topological polar surface area (TPSA) is 72.9 Å². The van der Waals surface area contributed by atoms with Gasteiger partial charge < -0.3 is 10.4 Å². The van der Waals surface area contributed by atoms with Gasteiger partial charge in [0.1, 0.15) is 5.54 Å². The van der Waals surface area contributed by atoms with E-state index in [0.717, 1.165) is 25.8 Å². The Balaban J connectivity index is 1.93. The summed E-state index contributed by atoms with van der Waals surface area (Å²) in [6.07, 6.45) is 4.42. The molecular weight excluding hydrogens is 258 g/mol. The maximum atomic E-state index is 12.1. The molecule has 6 nitrogen and oxygen atoms in total. The summed E-state index contributed by atoms with van der Waals surface area (Å²) in [6, 6.07) is -0.151. The lowest BCUT2D eigenvalue weighted by molar-refractivity contribution is -0.130. The van der Waals surface area contributed by atoms with E-state index in [2.05, 4.69) is 10.2 Å². The van der Waals surface area contributed by atoms with Gasteiger partial charge in [-0.2, -0.15) is 0 Å². The SMILES string of the molecule is CC1(C)NC(=O)N(CCN2CCCCCC2CO)C1=O. The van der Waals surface area contributed by atoms with Gasteiger partial charge >= 0.3 is 6.03 Å². The van der Waals surface area contributed by atoms with Crippen molar-refractivity contribution >= 4 is 11.9 Å². The summed E-state index contributed by atoms with van der Waals surface area (Å²) in [6.45, 7) is 5.54. The van der Waals surface area contributed by atoms with E-state index >= 15 is 0 Å². The van der Waals surface area contributed by atoms with Crippen LogP contribution in [0.25, 0.3) is 0 Å². The number of amides is 3. The minimum Gasteiger partial charge on any atom is -0.395 e. The van der Waals surface area contributed by atoms with Gasteiger partial charge in [-0.05, 0) is 33.2 Å². The van der Waals surface area contributed by atoms with Gasteiger partial charge in [-0.15, -0.1) is 0 Å². The number of aliphatic hydroxyl groups is 1. The largest absolute Gasteiger partial charge is 0.395 e. The lowest BCUT2D eigenvalue weighted by Gasteiger charge is -2.29. The predicted octanol–water partition coefficient (Wildman–Crippen LogP) is 0.554. The minimum absolute atomic E-state index is 0.144. The molecule has 2 heterocycles. The monoisotopic (exact) mass is 283 g/mol. The maximum Gasteiger partial charge on any atom is 0.325 e. The zero-order valence-corrected chi connectivity index (χ0v) is 12.4. The van der Waals surface area contributed by atoms with Crippen LogP contribution in [-0.4, -0.2) is 64.7 Å². The second-order valence-corrected chi connectivity index (χ2v) is 6.23. The number of carbonyl (C=O) groups excluding carboxylic acids is 2. The molecule has 0 aromatic rings. The molecular formula is C14H25N3O3. The summed E-state index contributed by atoms with van der Waals surface area (Å²) < 4.78 is 0. The molecule has 0 bridgehead atoms. The number of hydrogen-bond acceptors (Lipinski definition) is 4. The Kier molecular flexibility index (Phi) is 4.65. The van der Waals surface area contributed by atoms with E-state index in [0.29, 0.717) is 13.1 Å². The Labute approximate surface area is 120 Å². The van der Waals surface area contributed by atoms with Crippen molar-refractivity contribution in [1.29, 1.82) is 0 Å². The summed E-state index contributed by atoms with van der Waals surface area (Å²) in [4.78, 5) is 27.4. The van der Waals surface area contributed by atoms with Gasteiger partial charge in [0.05, 0.1) is 6.61 Å². The number of aliphatic hydroxyl groups excluding tert-OH is 1. The molecule has 2 rings (SSSR count). The Morgan fingerprint density at radius 2 is 2.00 bits per heavy atom. The number of imide groups is 1. The van der Waals surface area contributed by atoms with Crippen LogP contribution in [0.3, 0.4) is 0 Å². The van der Waals surface area contributed by atoms with Crippen molar-refractivity contribution in [3.63, 3.8) is 0 Å². The molecule has 0 aliphatic carbocycles. The van der Waals surface area contributed by atoms with Crippen LogP contribution in [0.15, 0.2) is 0 Å². The van der Waals surface area contributed by atoms with E-state index in [9.17, 15) is 14.7 Å². The molecule has 0 aromatic carbocycles. The molecule has 2 saturated heterocycles. The fourth-order valence-electron chi connectivity index (χ4n) is 2.99. The van der Waals surface area contributed by atoms with Gasteiger partial charge in [0, 0.05) is 19.1 Å². The van der Waals surface area contributed by atoms with E-state index in [1.54, 1.807) is 13.8 Å². The summed E-state index contributed by atoms with van der Waals surface area (Å²) in [7, 11) is 0. The highest BCUT2D eigenvalue weighted by atomic mass is 16.3. The first-order valence-corrected chi connectivity index (χ1v) is 7.45. The number of likely N-dealkylation sites (tertiary alicyclic amines) is 1. The van der Waals surface area contributed by atoms with Crippen LogP contribution < -0.4 is 5.32 Å². The predicted molar refractivity (Wildman–Crippen MR) is 75.2 cm³/mol. The quantitative estimate of drug-likeness (QED) is 0.739. The van der Waals surface area contributed by atoms with Crippen molar-refractivity contribution in [3.05, 3.63) is 0 Å². The van der Waals surface area contributed by atoms with Crippen LogP contribution in [-0.2, 0) is 4.79 Å². The van der Waals surface area contributed by atoms with E-state index in [-0.39, 0.29) is 24.6 Å². The highest BCUT2D eigenvalue weighted by Crippen LogP contribution is 2.19. The van der Waals surface area contributed by atoms with Gasteiger partial charge in [-0.1, -0.05) is 12.8 Å². The Hall–Kier alpha value is -1.14. The molecule has 0 aromatic heterocycles. The molecule has 2 fully saturated rings. The van der Waals surface area contributed by atoms with E-state index in [1.807, 2.05) is 0 Å². The molecule has 2 aliphatic rings. The first-order valence-electron chi connectivity index (χ1n) is 7.45. The second-order valence-electron chi connectivity index (χ2n) is 6.23. The van der Waals surface area contributed by atoms with E-state index in [4.69, 9.17) is 0 Å². The number of nitrogens with one attached hydrogen (secondary N) is 1. The molecule has 0 spiro atoms. The number of rotatable bonds is 4. The third kappa shape index (κ3) is 3.12. The molecule has 2 N–H and O–H groups in total. The van der Waals surface area contributed by atoms with Crippen LogP contribution in [0.5, 0.6) is 0 Å². The van der Waals surface area contributed by atoms with Crippen molar-refractivity contribution in [1.82, 2.24) is 15.1 Å². The van der Waals surface area contributed by atoms with Gasteiger partial charge in [-0.25, -0.2) is 4.79 Å². The fraction of sp³-hybridized carbons (Fsp3) is 0.857. The lowest BCUT2D eigenvalue weighted by atomic mass is 10.1. The van der Waals surface area contributed by atoms with Gasteiger partial charge in [-0.3, -0.25) is 14.6 Å². The number of nitrogens with zero attached hydrogens (tertiary/aromatic N) is 2. The molecule has 1 unspecified atom stereocenters. The smallest absolute Gasteiger partial charge is 0.325 e. The highest BCUT2D eigenvalue weighted by molar-refractivity contribution is 6.06. The summed E-state index contributed by atoms with van der Waals surface area (Å²) in [5, 5.41) is 12.2. The van der Waals surface area contributed by atoms with Crippen LogP contribution in [0, 0.1) is 0 Å². The standard InChI is InChI=1S/C14H25N3O3/c1-14(2)12(19)17(13(20)15-14)9-8-16-7-5-3-4-6-11(16)10-18/h11,18H,3-10H2,1-2H3,(H,15,20). The van der Waals surface area contributed by atoms with E-state index < -0.39 is 5.54 Å². The van der Waals surface area contributed by atoms with Crippen LogP contribution in [0.4, 0.5) is 4.79 Å². The van der Waals surface area contributed by atoms with E-state index in [1.165, 1.54) is 11.3 Å². The number of hydrogen-bond donors (Lipinski definition) is 2. The third-order valence-electron chi connectivity index (χ3n) is 4.27. The van der Waals surface area contributed by atoms with Crippen molar-refractivity contribution < 1.29 is 14.7 Å². The zero-order chi connectivity index (χ0) is 14.8. The summed E-state index contributed by atoms with van der Waals surface area (Å²) in [5.74, 6) is -0.169. The Morgan fingerprint density at radius 1 is 1.25 bits per heavy atom. The second kappa shape index (κ2) is 6.10. The molecule has 1 atom stereocenters. The van der Waals surface area contributed by atoms with Gasteiger partial charge in [0.25, 0.3) is 5.91 Å². The van der Waals surface area contributed by atoms with Crippen LogP contribution in [0.1, 0.15) is 39.5 Å². The summed E-state index contributed by atoms with van der Waals surface area (Å²) >= 11 is 0. The normalized spacial score (nSPS) is 27.6. The molecule has 20 heavy (non-hydrogen) atoms. The van der Waals surface area contributed by atoms with Crippen LogP contribution in [0.2, 0.25) is 0 Å². The average molecular weight is 283 g/mol. The first kappa shape index (κ1) is 15.3. The molecule has 3 amide bonds. The van der Waals surface area contributed by atoms with Crippen molar-refractivity contribution in [2.45, 2.75) is 51.1 Å².